The molecule has 2 heterocycles. The third-order valence-corrected chi connectivity index (χ3v) is 6.87. The Bertz CT molecular complexity index is 1820. The normalized spacial score (nSPS) is 12.6. The highest BCUT2D eigenvalue weighted by molar-refractivity contribution is 6.00. The fourth-order valence-electron chi connectivity index (χ4n) is 4.58. The van der Waals surface area contributed by atoms with Gasteiger partial charge in [0.2, 0.25) is 5.55 Å². The number of rotatable bonds is 9. The summed E-state index contributed by atoms with van der Waals surface area (Å²) in [7, 11) is 4.64. The van der Waals surface area contributed by atoms with Gasteiger partial charge in [-0.15, -0.1) is 0 Å². The number of benzene rings is 3. The molecular formula is C30H28F4N6O5. The van der Waals surface area contributed by atoms with Crippen LogP contribution in [0.1, 0.15) is 11.1 Å². The number of ether oxygens (including phenoxy) is 3. The third kappa shape index (κ3) is 6.66. The number of carbonyl (C=O) groups excluding carboxylic acids is 1. The Morgan fingerprint density at radius 1 is 0.978 bits per heavy atom. The number of urea groups is 1. The molecule has 45 heavy (non-hydrogen) atoms. The molecule has 4 aromatic rings. The molecule has 2 amide bonds. The highest BCUT2D eigenvalue weighted by Gasteiger charge is 2.31. The largest absolute Gasteiger partial charge is 0.496 e. The van der Waals surface area contributed by atoms with Gasteiger partial charge in [-0.2, -0.15) is 13.2 Å². The molecule has 1 aliphatic rings. The van der Waals surface area contributed by atoms with Gasteiger partial charge in [0.25, 0.3) is 0 Å². The summed E-state index contributed by atoms with van der Waals surface area (Å²) in [6.07, 6.45) is -4.69. The number of fused-ring (bicyclic) bond motifs is 1. The summed E-state index contributed by atoms with van der Waals surface area (Å²) in [4.78, 5) is 18.6. The van der Waals surface area contributed by atoms with Gasteiger partial charge in [-0.05, 0) is 42.5 Å². The van der Waals surface area contributed by atoms with Crippen LogP contribution in [-0.4, -0.2) is 34.0 Å². The number of hydrogen-bond donors (Lipinski definition) is 4. The lowest BCUT2D eigenvalue weighted by atomic mass is 10.1. The summed E-state index contributed by atoms with van der Waals surface area (Å²) in [5.41, 5.74) is 6.80. The summed E-state index contributed by atoms with van der Waals surface area (Å²) in [5, 5.41) is 8.31. The number of alkyl halides is 3. The highest BCUT2D eigenvalue weighted by atomic mass is 19.4. The van der Waals surface area contributed by atoms with Crippen molar-refractivity contribution < 1.29 is 41.0 Å². The fraction of sp³-hybridized carbons (Fsp3) is 0.200. The predicted octanol–water partition coefficient (Wildman–Crippen LogP) is 4.84. The molecule has 0 unspecified atom stereocenters. The van der Waals surface area contributed by atoms with Gasteiger partial charge in [0.15, 0.2) is 5.88 Å². The minimum absolute atomic E-state index is 0.147. The Kier molecular flexibility index (Phi) is 8.61. The van der Waals surface area contributed by atoms with E-state index < -0.39 is 29.3 Å². The molecule has 0 atom stereocenters. The van der Waals surface area contributed by atoms with Gasteiger partial charge in [0.05, 0.1) is 49.9 Å². The van der Waals surface area contributed by atoms with Crippen LogP contribution in [0.5, 0.6) is 17.2 Å². The second-order valence-electron chi connectivity index (χ2n) is 9.62. The number of amides is 2. The van der Waals surface area contributed by atoms with Crippen LogP contribution in [0.15, 0.2) is 70.1 Å². The second-order valence-corrected chi connectivity index (χ2v) is 9.62. The Hall–Kier alpha value is -5.60. The molecule has 0 radical (unpaired) electrons. The minimum Gasteiger partial charge on any atom is -0.496 e. The van der Waals surface area contributed by atoms with Crippen LogP contribution in [0.3, 0.4) is 0 Å². The van der Waals surface area contributed by atoms with Crippen LogP contribution in [-0.2, 0) is 12.7 Å². The summed E-state index contributed by atoms with van der Waals surface area (Å²) in [6, 6.07) is 12.5. The fourth-order valence-corrected chi connectivity index (χ4v) is 4.58. The summed E-state index contributed by atoms with van der Waals surface area (Å²) >= 11 is 0. The Labute approximate surface area is 253 Å². The van der Waals surface area contributed by atoms with Gasteiger partial charge >= 0.3 is 12.2 Å². The Balaban J connectivity index is 1.27. The smallest absolute Gasteiger partial charge is 0.416 e. The van der Waals surface area contributed by atoms with Crippen molar-refractivity contribution in [2.45, 2.75) is 12.7 Å². The van der Waals surface area contributed by atoms with Crippen LogP contribution < -0.4 is 51.6 Å². The van der Waals surface area contributed by atoms with E-state index in [1.807, 2.05) is 0 Å². The molecule has 5 rings (SSSR count). The molecule has 1 aromatic heterocycles. The van der Waals surface area contributed by atoms with Crippen LogP contribution in [0, 0.1) is 5.82 Å². The zero-order valence-electron chi connectivity index (χ0n) is 24.2. The van der Waals surface area contributed by atoms with Gasteiger partial charge in [0, 0.05) is 29.6 Å². The molecule has 1 aliphatic heterocycles. The SMILES string of the molecule is COc1cc(OC)c(CNc2cc3c(o2)=NCN(c2ccc(NC(=O)Nc4cc(C(F)(F)F)ccc4F)cc2)C=3N)c(OC)c1. The predicted molar refractivity (Wildman–Crippen MR) is 158 cm³/mol. The first-order valence-electron chi connectivity index (χ1n) is 13.3. The van der Waals surface area contributed by atoms with E-state index in [0.717, 1.165) is 5.56 Å². The molecule has 0 fully saturated rings. The molecule has 0 saturated carbocycles. The standard InChI is InChI=1S/C30H28F4N6O5/c1-42-19-11-24(43-2)21(25(12-19)44-3)14-36-26-13-20-27(35)40(15-37-28(20)45-26)18-7-5-17(6-8-18)38-29(41)39-23-10-16(30(32,33)34)4-9-22(23)31/h4-13,36H,14-15,35H2,1-3H3,(H2,38,39,41). The molecule has 11 nitrogen and oxygen atoms in total. The number of nitrogens with two attached hydrogens (primary N) is 1. The van der Waals surface area contributed by atoms with Crippen LogP contribution in [0.25, 0.3) is 5.82 Å². The van der Waals surface area contributed by atoms with Crippen LogP contribution in [0.2, 0.25) is 0 Å². The zero-order valence-corrected chi connectivity index (χ0v) is 24.2. The number of furan rings is 1. The van der Waals surface area contributed by atoms with E-state index in [2.05, 4.69) is 20.9 Å². The van der Waals surface area contributed by atoms with Crippen molar-refractivity contribution in [2.24, 2.45) is 10.7 Å². The molecule has 0 bridgehead atoms. The Morgan fingerprint density at radius 3 is 2.29 bits per heavy atom. The van der Waals surface area contributed by atoms with Crippen molar-refractivity contribution in [3.63, 3.8) is 0 Å². The monoisotopic (exact) mass is 628 g/mol. The molecule has 0 spiro atoms. The number of anilines is 4. The average Bonchev–Trinajstić information content (AvgIpc) is 3.45. The first kappa shape index (κ1) is 30.8. The molecular weight excluding hydrogens is 600 g/mol. The average molecular weight is 629 g/mol. The first-order valence-corrected chi connectivity index (χ1v) is 13.3. The van der Waals surface area contributed by atoms with E-state index in [1.165, 1.54) is 0 Å². The van der Waals surface area contributed by atoms with E-state index in [1.54, 1.807) is 68.7 Å². The van der Waals surface area contributed by atoms with Gasteiger partial charge in [0.1, 0.15) is 35.6 Å². The molecule has 0 saturated heterocycles. The summed E-state index contributed by atoms with van der Waals surface area (Å²) < 4.78 is 75.1. The van der Waals surface area contributed by atoms with E-state index >= 15 is 0 Å². The van der Waals surface area contributed by atoms with Crippen LogP contribution in [0.4, 0.5) is 45.3 Å². The number of carbonyl (C=O) groups is 1. The van der Waals surface area contributed by atoms with Crippen molar-refractivity contribution >= 4 is 34.8 Å². The maximum absolute atomic E-state index is 14.0. The van der Waals surface area contributed by atoms with E-state index in [9.17, 15) is 22.4 Å². The van der Waals surface area contributed by atoms with Crippen molar-refractivity contribution in [3.8, 4) is 17.2 Å². The molecule has 0 aliphatic carbocycles. The minimum atomic E-state index is -4.69. The number of nitrogens with zero attached hydrogens (tertiary/aromatic N) is 2. The summed E-state index contributed by atoms with van der Waals surface area (Å²) in [6.45, 7) is 0.447. The Morgan fingerprint density at radius 2 is 1.67 bits per heavy atom. The maximum Gasteiger partial charge on any atom is 0.416 e. The van der Waals surface area contributed by atoms with Gasteiger partial charge in [-0.25, -0.2) is 14.2 Å². The summed E-state index contributed by atoms with van der Waals surface area (Å²) in [5.74, 6) is 1.49. The number of halogens is 4. The van der Waals surface area contributed by atoms with Crippen LogP contribution >= 0.6 is 0 Å². The number of methoxy groups -OCH3 is 3. The number of hydrogen-bond acceptors (Lipinski definition) is 9. The molecule has 236 valence electrons. The second kappa shape index (κ2) is 12.6. The van der Waals surface area contributed by atoms with Gasteiger partial charge < -0.3 is 45.2 Å². The van der Waals surface area contributed by atoms with Crippen molar-refractivity contribution in [1.82, 2.24) is 0 Å². The van der Waals surface area contributed by atoms with Crippen molar-refractivity contribution in [2.75, 3.05) is 48.8 Å². The third-order valence-electron chi connectivity index (χ3n) is 6.87. The molecule has 3 aromatic carbocycles. The van der Waals surface area contributed by atoms with Crippen molar-refractivity contribution in [3.05, 3.63) is 88.4 Å². The highest BCUT2D eigenvalue weighted by Crippen LogP contribution is 2.35. The van der Waals surface area contributed by atoms with Gasteiger partial charge in [-0.3, -0.25) is 0 Å². The quantitative estimate of drug-likeness (QED) is 0.194. The van der Waals surface area contributed by atoms with Gasteiger partial charge in [-0.1, -0.05) is 0 Å². The lowest BCUT2D eigenvalue weighted by molar-refractivity contribution is -0.137. The lowest BCUT2D eigenvalue weighted by Crippen LogP contribution is -2.42. The zero-order chi connectivity index (χ0) is 32.3. The molecule has 5 N–H and O–H groups in total. The number of nitrogens with one attached hydrogen (secondary N) is 3. The topological polar surface area (TPSA) is 136 Å². The van der Waals surface area contributed by atoms with E-state index in [0.29, 0.717) is 75.8 Å². The van der Waals surface area contributed by atoms with E-state index in [-0.39, 0.29) is 6.67 Å². The van der Waals surface area contributed by atoms with Crippen molar-refractivity contribution in [1.29, 1.82) is 0 Å². The first-order chi connectivity index (χ1) is 21.5. The van der Waals surface area contributed by atoms with E-state index in [4.69, 9.17) is 24.4 Å². The maximum atomic E-state index is 14.0. The molecule has 15 heteroatoms. The lowest BCUT2D eigenvalue weighted by Gasteiger charge is -2.24.